The summed E-state index contributed by atoms with van der Waals surface area (Å²) in [5, 5.41) is 2.61. The molecule has 7 nitrogen and oxygen atoms in total. The molecule has 0 fully saturated rings. The highest BCUT2D eigenvalue weighted by Gasteiger charge is 2.18. The summed E-state index contributed by atoms with van der Waals surface area (Å²) < 4.78 is 22.4. The fourth-order valence-electron chi connectivity index (χ4n) is 3.21. The summed E-state index contributed by atoms with van der Waals surface area (Å²) in [5.41, 5.74) is 2.00. The molecule has 192 valence electrons. The zero-order valence-electron chi connectivity index (χ0n) is 21.5. The second-order valence-corrected chi connectivity index (χ2v) is 9.04. The highest BCUT2D eigenvalue weighted by Crippen LogP contribution is 2.32. The van der Waals surface area contributed by atoms with E-state index in [2.05, 4.69) is 17.2 Å². The van der Waals surface area contributed by atoms with Crippen LogP contribution in [0.4, 0.5) is 4.79 Å². The standard InChI is InChI=1S/C30H31NO6/c1-30(2,3)37-29(33)31-17-11-16-25-26(35-20-22-12-7-5-8-13-22)18-24(28(32)34-4)19-27(25)36-21-23-14-9-6-10-15-23/h5-10,12-15,18-19H,17,20-21H2,1-4H3,(H,31,33). The third-order valence-electron chi connectivity index (χ3n) is 4.89. The summed E-state index contributed by atoms with van der Waals surface area (Å²) >= 11 is 0. The van der Waals surface area contributed by atoms with E-state index in [1.807, 2.05) is 60.7 Å². The molecule has 0 aromatic heterocycles. The molecule has 0 atom stereocenters. The molecule has 1 N–H and O–H groups in total. The summed E-state index contributed by atoms with van der Waals surface area (Å²) in [6.45, 7) is 5.92. The van der Waals surface area contributed by atoms with Crippen molar-refractivity contribution < 1.29 is 28.5 Å². The first kappa shape index (κ1) is 27.2. The number of esters is 1. The van der Waals surface area contributed by atoms with E-state index < -0.39 is 17.7 Å². The SMILES string of the molecule is COC(=O)c1cc(OCc2ccccc2)c(C#CCNC(=O)OC(C)(C)C)c(OCc2ccccc2)c1. The zero-order chi connectivity index (χ0) is 26.7. The molecule has 3 aromatic carbocycles. The number of alkyl carbamates (subject to hydrolysis) is 1. The Morgan fingerprint density at radius 1 is 0.838 bits per heavy atom. The van der Waals surface area contributed by atoms with Crippen LogP contribution in [0.5, 0.6) is 11.5 Å². The number of carbonyl (C=O) groups excluding carboxylic acids is 2. The summed E-state index contributed by atoms with van der Waals surface area (Å²) in [6.07, 6.45) is -0.566. The van der Waals surface area contributed by atoms with Crippen LogP contribution in [0.1, 0.15) is 47.8 Å². The lowest BCUT2D eigenvalue weighted by Crippen LogP contribution is -2.32. The molecule has 3 aromatic rings. The summed E-state index contributed by atoms with van der Waals surface area (Å²) in [6, 6.07) is 22.4. The third-order valence-corrected chi connectivity index (χ3v) is 4.89. The van der Waals surface area contributed by atoms with E-state index in [1.165, 1.54) is 7.11 Å². The second-order valence-electron chi connectivity index (χ2n) is 9.04. The smallest absolute Gasteiger partial charge is 0.408 e. The van der Waals surface area contributed by atoms with Gasteiger partial charge in [0.05, 0.1) is 19.2 Å². The lowest BCUT2D eigenvalue weighted by molar-refractivity contribution is 0.0533. The first-order valence-electron chi connectivity index (χ1n) is 11.8. The number of nitrogens with one attached hydrogen (secondary N) is 1. The molecule has 0 heterocycles. The van der Waals surface area contributed by atoms with Crippen LogP contribution in [0.25, 0.3) is 0 Å². The number of hydrogen-bond acceptors (Lipinski definition) is 6. The van der Waals surface area contributed by atoms with Gasteiger partial charge in [0.2, 0.25) is 0 Å². The van der Waals surface area contributed by atoms with Crippen molar-refractivity contribution >= 4 is 12.1 Å². The van der Waals surface area contributed by atoms with Gasteiger partial charge < -0.3 is 24.3 Å². The van der Waals surface area contributed by atoms with Gasteiger partial charge >= 0.3 is 12.1 Å². The molecule has 0 radical (unpaired) electrons. The van der Waals surface area contributed by atoms with Gasteiger partial charge in [-0.3, -0.25) is 0 Å². The third kappa shape index (κ3) is 8.93. The largest absolute Gasteiger partial charge is 0.487 e. The molecule has 0 saturated heterocycles. The van der Waals surface area contributed by atoms with Crippen LogP contribution in [-0.4, -0.2) is 31.3 Å². The number of hydrogen-bond donors (Lipinski definition) is 1. The number of amides is 1. The van der Waals surface area contributed by atoms with Crippen molar-refractivity contribution in [2.75, 3.05) is 13.7 Å². The van der Waals surface area contributed by atoms with E-state index in [-0.39, 0.29) is 25.3 Å². The Balaban J connectivity index is 1.92. The molecule has 7 heteroatoms. The van der Waals surface area contributed by atoms with Gasteiger partial charge in [0, 0.05) is 0 Å². The summed E-state index contributed by atoms with van der Waals surface area (Å²) in [5.74, 6) is 6.15. The molecule has 0 bridgehead atoms. The second kappa shape index (κ2) is 13.0. The molecule has 0 aliphatic heterocycles. The minimum Gasteiger partial charge on any atom is -0.487 e. The molecule has 0 aliphatic rings. The molecule has 0 spiro atoms. The monoisotopic (exact) mass is 501 g/mol. The highest BCUT2D eigenvalue weighted by molar-refractivity contribution is 5.91. The Labute approximate surface area is 217 Å². The van der Waals surface area contributed by atoms with Gasteiger partial charge in [0.25, 0.3) is 0 Å². The normalized spacial score (nSPS) is 10.5. The number of methoxy groups -OCH3 is 1. The van der Waals surface area contributed by atoms with Gasteiger partial charge in [-0.25, -0.2) is 9.59 Å². The highest BCUT2D eigenvalue weighted by atomic mass is 16.6. The van der Waals surface area contributed by atoms with E-state index in [4.69, 9.17) is 18.9 Å². The van der Waals surface area contributed by atoms with Gasteiger partial charge in [-0.1, -0.05) is 72.5 Å². The van der Waals surface area contributed by atoms with Crippen molar-refractivity contribution in [1.29, 1.82) is 0 Å². The van der Waals surface area contributed by atoms with Crippen molar-refractivity contribution in [3.63, 3.8) is 0 Å². The van der Waals surface area contributed by atoms with E-state index in [0.29, 0.717) is 17.1 Å². The van der Waals surface area contributed by atoms with Gasteiger partial charge in [0.1, 0.15) is 35.9 Å². The fraction of sp³-hybridized carbons (Fsp3) is 0.267. The van der Waals surface area contributed by atoms with Crippen molar-refractivity contribution in [3.05, 3.63) is 95.1 Å². The minimum absolute atomic E-state index is 0.0456. The predicted molar refractivity (Wildman–Crippen MR) is 140 cm³/mol. The Hall–Kier alpha value is -4.44. The maximum absolute atomic E-state index is 12.4. The predicted octanol–water partition coefficient (Wildman–Crippen LogP) is 5.51. The number of benzene rings is 3. The van der Waals surface area contributed by atoms with Crippen molar-refractivity contribution in [3.8, 4) is 23.3 Å². The van der Waals surface area contributed by atoms with Crippen molar-refractivity contribution in [2.45, 2.75) is 39.6 Å². The van der Waals surface area contributed by atoms with Gasteiger partial charge in [0.15, 0.2) is 0 Å². The van der Waals surface area contributed by atoms with Crippen molar-refractivity contribution in [2.24, 2.45) is 0 Å². The van der Waals surface area contributed by atoms with Gasteiger partial charge in [-0.2, -0.15) is 0 Å². The first-order valence-corrected chi connectivity index (χ1v) is 11.8. The van der Waals surface area contributed by atoms with Crippen LogP contribution >= 0.6 is 0 Å². The van der Waals surface area contributed by atoms with E-state index in [1.54, 1.807) is 32.9 Å². The molecule has 0 saturated carbocycles. The Morgan fingerprint density at radius 2 is 1.35 bits per heavy atom. The summed E-state index contributed by atoms with van der Waals surface area (Å²) in [4.78, 5) is 24.4. The van der Waals surface area contributed by atoms with Gasteiger partial charge in [-0.05, 0) is 44.0 Å². The molecule has 0 unspecified atom stereocenters. The topological polar surface area (TPSA) is 83.1 Å². The first-order chi connectivity index (χ1) is 17.7. The Kier molecular flexibility index (Phi) is 9.56. The minimum atomic E-state index is -0.613. The van der Waals surface area contributed by atoms with Crippen LogP contribution in [0, 0.1) is 11.8 Å². The average Bonchev–Trinajstić information content (AvgIpc) is 2.88. The zero-order valence-corrected chi connectivity index (χ0v) is 21.5. The van der Waals surface area contributed by atoms with Gasteiger partial charge in [-0.15, -0.1) is 0 Å². The van der Waals surface area contributed by atoms with Crippen molar-refractivity contribution in [1.82, 2.24) is 5.32 Å². The quantitative estimate of drug-likeness (QED) is 0.324. The molecule has 3 rings (SSSR count). The van der Waals surface area contributed by atoms with Crippen LogP contribution in [0.15, 0.2) is 72.8 Å². The number of carbonyl (C=O) groups is 2. The molecular weight excluding hydrogens is 470 g/mol. The average molecular weight is 502 g/mol. The Bertz CT molecular complexity index is 1190. The summed E-state index contributed by atoms with van der Waals surface area (Å²) in [7, 11) is 1.31. The maximum atomic E-state index is 12.4. The molecule has 1 amide bonds. The van der Waals surface area contributed by atoms with Crippen LogP contribution in [0.2, 0.25) is 0 Å². The molecule has 0 aliphatic carbocycles. The van der Waals surface area contributed by atoms with E-state index in [9.17, 15) is 9.59 Å². The molecule has 37 heavy (non-hydrogen) atoms. The van der Waals surface area contributed by atoms with E-state index >= 15 is 0 Å². The molecular formula is C30H31NO6. The van der Waals surface area contributed by atoms with Crippen LogP contribution in [-0.2, 0) is 22.7 Å². The number of rotatable bonds is 8. The maximum Gasteiger partial charge on any atom is 0.408 e. The number of ether oxygens (including phenoxy) is 4. The lowest BCUT2D eigenvalue weighted by Gasteiger charge is -2.19. The van der Waals surface area contributed by atoms with E-state index in [0.717, 1.165) is 11.1 Å². The fourth-order valence-corrected chi connectivity index (χ4v) is 3.21. The Morgan fingerprint density at radius 3 is 1.81 bits per heavy atom. The lowest BCUT2D eigenvalue weighted by atomic mass is 10.1. The van der Waals surface area contributed by atoms with Crippen LogP contribution in [0.3, 0.4) is 0 Å². The van der Waals surface area contributed by atoms with Crippen LogP contribution < -0.4 is 14.8 Å².